The summed E-state index contributed by atoms with van der Waals surface area (Å²) < 4.78 is 0. The number of carbonyl (C=O) groups is 2. The summed E-state index contributed by atoms with van der Waals surface area (Å²) in [5.74, 6) is -0.533. The number of thiocarbonyl (C=S) groups is 1. The Morgan fingerprint density at radius 2 is 1.55 bits per heavy atom. The fraction of sp³-hybridized carbons (Fsp3) is 0.0417. The van der Waals surface area contributed by atoms with Crippen LogP contribution in [0.4, 0.5) is 11.4 Å². The van der Waals surface area contributed by atoms with E-state index in [1.807, 2.05) is 37.3 Å². The number of carbonyl (C=O) groups excluding carboxylic acids is 2. The minimum atomic E-state index is -0.352. The molecule has 0 radical (unpaired) electrons. The molecule has 2 amide bonds. The number of aryl methyl sites for hydroxylation is 1. The summed E-state index contributed by atoms with van der Waals surface area (Å²) >= 11 is 11.0. The van der Waals surface area contributed by atoms with Crippen LogP contribution in [0.2, 0.25) is 5.02 Å². The summed E-state index contributed by atoms with van der Waals surface area (Å²) in [5, 5.41) is 9.16. The largest absolute Gasteiger partial charge is 0.332 e. The van der Waals surface area contributed by atoms with Gasteiger partial charge in [0.1, 0.15) is 0 Å². The van der Waals surface area contributed by atoms with E-state index in [0.29, 0.717) is 22.0 Å². The number of anilines is 2. The average Bonchev–Trinajstić information content (AvgIpc) is 2.74. The number of hydrogen-bond acceptors (Lipinski definition) is 3. The molecule has 0 aliphatic heterocycles. The van der Waals surface area contributed by atoms with Crippen molar-refractivity contribution >= 4 is 58.2 Å². The van der Waals surface area contributed by atoms with Crippen molar-refractivity contribution in [2.45, 2.75) is 6.92 Å². The molecule has 3 rings (SSSR count). The Bertz CT molecular complexity index is 1130. The van der Waals surface area contributed by atoms with Crippen LogP contribution in [0.5, 0.6) is 0 Å². The van der Waals surface area contributed by atoms with Gasteiger partial charge in [-0.1, -0.05) is 41.4 Å². The lowest BCUT2D eigenvalue weighted by atomic mass is 10.1. The molecule has 31 heavy (non-hydrogen) atoms. The fourth-order valence-electron chi connectivity index (χ4n) is 2.69. The molecule has 7 heteroatoms. The number of benzene rings is 3. The van der Waals surface area contributed by atoms with Gasteiger partial charge in [0, 0.05) is 28.0 Å². The van der Waals surface area contributed by atoms with E-state index < -0.39 is 0 Å². The van der Waals surface area contributed by atoms with Gasteiger partial charge in [0.2, 0.25) is 5.91 Å². The molecular formula is C24H20ClN3O2S. The first kappa shape index (κ1) is 22.2. The van der Waals surface area contributed by atoms with E-state index >= 15 is 0 Å². The summed E-state index contributed by atoms with van der Waals surface area (Å²) in [7, 11) is 0. The first-order chi connectivity index (χ1) is 14.9. The molecule has 0 fully saturated rings. The highest BCUT2D eigenvalue weighted by atomic mass is 35.5. The fourth-order valence-corrected chi connectivity index (χ4v) is 3.03. The highest BCUT2D eigenvalue weighted by Crippen LogP contribution is 2.15. The van der Waals surface area contributed by atoms with Crippen LogP contribution in [-0.2, 0) is 4.79 Å². The molecule has 0 bridgehead atoms. The van der Waals surface area contributed by atoms with Gasteiger partial charge < -0.3 is 10.6 Å². The van der Waals surface area contributed by atoms with E-state index in [1.54, 1.807) is 48.5 Å². The summed E-state index contributed by atoms with van der Waals surface area (Å²) in [5.41, 5.74) is 3.80. The minimum absolute atomic E-state index is 0.169. The average molecular weight is 450 g/mol. The lowest BCUT2D eigenvalue weighted by Gasteiger charge is -2.10. The molecule has 0 spiro atoms. The third kappa shape index (κ3) is 7.06. The Kier molecular flexibility index (Phi) is 7.54. The van der Waals surface area contributed by atoms with Crippen LogP contribution in [0.25, 0.3) is 6.08 Å². The van der Waals surface area contributed by atoms with Crippen molar-refractivity contribution in [3.05, 3.63) is 101 Å². The number of amides is 2. The zero-order valence-corrected chi connectivity index (χ0v) is 18.3. The number of halogens is 1. The minimum Gasteiger partial charge on any atom is -0.332 e. The SMILES string of the molecule is Cc1cccc(C(=O)Nc2ccc(NC(=S)NC(=O)/C=C/c3ccc(Cl)cc3)cc2)c1. The van der Waals surface area contributed by atoms with E-state index in [9.17, 15) is 9.59 Å². The molecule has 0 saturated heterocycles. The first-order valence-corrected chi connectivity index (χ1v) is 10.2. The van der Waals surface area contributed by atoms with Crippen LogP contribution in [0.3, 0.4) is 0 Å². The van der Waals surface area contributed by atoms with Crippen molar-refractivity contribution in [1.82, 2.24) is 5.32 Å². The quantitative estimate of drug-likeness (QED) is 0.359. The first-order valence-electron chi connectivity index (χ1n) is 9.43. The van der Waals surface area contributed by atoms with Crippen LogP contribution in [-0.4, -0.2) is 16.9 Å². The monoisotopic (exact) mass is 449 g/mol. The second kappa shape index (κ2) is 10.5. The third-order valence-electron chi connectivity index (χ3n) is 4.21. The maximum absolute atomic E-state index is 12.3. The van der Waals surface area contributed by atoms with Crippen molar-refractivity contribution < 1.29 is 9.59 Å². The van der Waals surface area contributed by atoms with E-state index in [-0.39, 0.29) is 16.9 Å². The van der Waals surface area contributed by atoms with Crippen molar-refractivity contribution in [2.75, 3.05) is 10.6 Å². The molecule has 3 aromatic rings. The zero-order chi connectivity index (χ0) is 22.2. The molecule has 0 aliphatic carbocycles. The standard InChI is InChI=1S/C24H20ClN3O2S/c1-16-3-2-4-18(15-16)23(30)26-20-10-12-21(13-11-20)27-24(31)28-22(29)14-7-17-5-8-19(25)9-6-17/h2-15H,1H3,(H,26,30)(H2,27,28,29,31)/b14-7+. The predicted molar refractivity (Wildman–Crippen MR) is 130 cm³/mol. The predicted octanol–water partition coefficient (Wildman–Crippen LogP) is 5.43. The Morgan fingerprint density at radius 3 is 2.19 bits per heavy atom. The van der Waals surface area contributed by atoms with Gasteiger partial charge >= 0.3 is 0 Å². The highest BCUT2D eigenvalue weighted by Gasteiger charge is 2.07. The molecule has 156 valence electrons. The van der Waals surface area contributed by atoms with E-state index in [0.717, 1.165) is 11.1 Å². The van der Waals surface area contributed by atoms with Crippen molar-refractivity contribution in [3.8, 4) is 0 Å². The van der Waals surface area contributed by atoms with Crippen LogP contribution in [0.15, 0.2) is 78.9 Å². The Balaban J connectivity index is 1.50. The Hall–Kier alpha value is -3.48. The molecule has 0 aliphatic rings. The van der Waals surface area contributed by atoms with Gasteiger partial charge in [-0.3, -0.25) is 14.9 Å². The topological polar surface area (TPSA) is 70.2 Å². The Labute approximate surface area is 191 Å². The van der Waals surface area contributed by atoms with Gasteiger partial charge in [0.25, 0.3) is 5.91 Å². The normalized spacial score (nSPS) is 10.5. The van der Waals surface area contributed by atoms with Gasteiger partial charge in [0.15, 0.2) is 5.11 Å². The van der Waals surface area contributed by atoms with Crippen LogP contribution in [0.1, 0.15) is 21.5 Å². The van der Waals surface area contributed by atoms with E-state index in [1.165, 1.54) is 6.08 Å². The van der Waals surface area contributed by atoms with Crippen molar-refractivity contribution in [1.29, 1.82) is 0 Å². The van der Waals surface area contributed by atoms with Crippen molar-refractivity contribution in [3.63, 3.8) is 0 Å². The van der Waals surface area contributed by atoms with Gasteiger partial charge in [-0.05, 0) is 79.3 Å². The van der Waals surface area contributed by atoms with Gasteiger partial charge in [-0.15, -0.1) is 0 Å². The van der Waals surface area contributed by atoms with Gasteiger partial charge in [-0.2, -0.15) is 0 Å². The van der Waals surface area contributed by atoms with Crippen LogP contribution < -0.4 is 16.0 Å². The number of nitrogens with one attached hydrogen (secondary N) is 3. The summed E-state index contributed by atoms with van der Waals surface area (Å²) in [6.07, 6.45) is 3.06. The maximum atomic E-state index is 12.3. The highest BCUT2D eigenvalue weighted by molar-refractivity contribution is 7.80. The molecule has 0 heterocycles. The molecule has 0 atom stereocenters. The maximum Gasteiger partial charge on any atom is 0.255 e. The van der Waals surface area contributed by atoms with E-state index in [2.05, 4.69) is 16.0 Å². The van der Waals surface area contributed by atoms with Crippen LogP contribution >= 0.6 is 23.8 Å². The molecule has 0 aromatic heterocycles. The molecule has 0 saturated carbocycles. The molecule has 0 unspecified atom stereocenters. The molecule has 3 aromatic carbocycles. The lowest BCUT2D eigenvalue weighted by molar-refractivity contribution is -0.115. The third-order valence-corrected chi connectivity index (χ3v) is 4.67. The second-order valence-corrected chi connectivity index (χ2v) is 7.57. The zero-order valence-electron chi connectivity index (χ0n) is 16.7. The smallest absolute Gasteiger partial charge is 0.255 e. The number of hydrogen-bond donors (Lipinski definition) is 3. The summed E-state index contributed by atoms with van der Waals surface area (Å²) in [6, 6.07) is 21.5. The molecule has 5 nitrogen and oxygen atoms in total. The van der Waals surface area contributed by atoms with Crippen LogP contribution in [0, 0.1) is 6.92 Å². The summed E-state index contributed by atoms with van der Waals surface area (Å²) in [4.78, 5) is 24.3. The molecule has 3 N–H and O–H groups in total. The summed E-state index contributed by atoms with van der Waals surface area (Å²) in [6.45, 7) is 1.94. The Morgan fingerprint density at radius 1 is 0.903 bits per heavy atom. The number of rotatable bonds is 5. The molecular weight excluding hydrogens is 430 g/mol. The van der Waals surface area contributed by atoms with E-state index in [4.69, 9.17) is 23.8 Å². The lowest BCUT2D eigenvalue weighted by Crippen LogP contribution is -2.32. The second-order valence-electron chi connectivity index (χ2n) is 6.73. The van der Waals surface area contributed by atoms with Gasteiger partial charge in [-0.25, -0.2) is 0 Å². The van der Waals surface area contributed by atoms with Crippen molar-refractivity contribution in [2.24, 2.45) is 0 Å². The van der Waals surface area contributed by atoms with Gasteiger partial charge in [0.05, 0.1) is 0 Å².